The van der Waals surface area contributed by atoms with Gasteiger partial charge in [-0.15, -0.1) is 0 Å². The third kappa shape index (κ3) is 7.63. The van der Waals surface area contributed by atoms with Gasteiger partial charge in [-0.2, -0.15) is 9.46 Å². The van der Waals surface area contributed by atoms with E-state index in [0.717, 1.165) is 5.56 Å². The van der Waals surface area contributed by atoms with Gasteiger partial charge in [-0.1, -0.05) is 6.07 Å². The van der Waals surface area contributed by atoms with Gasteiger partial charge in [0.15, 0.2) is 0 Å². The van der Waals surface area contributed by atoms with Crippen molar-refractivity contribution in [1.29, 1.82) is 0 Å². The molecule has 15 heteroatoms. The van der Waals surface area contributed by atoms with E-state index < -0.39 is 27.5 Å². The van der Waals surface area contributed by atoms with Crippen LogP contribution < -0.4 is 15.5 Å². The maximum absolute atomic E-state index is 14.2. The zero-order valence-corrected chi connectivity index (χ0v) is 25.4. The quantitative estimate of drug-likeness (QED) is 0.346. The summed E-state index contributed by atoms with van der Waals surface area (Å²) in [6.45, 7) is 2.97. The number of amides is 2. The largest absolute Gasteiger partial charge is 0.483 e. The van der Waals surface area contributed by atoms with Gasteiger partial charge in [0, 0.05) is 86.4 Å². The predicted octanol–water partition coefficient (Wildman–Crippen LogP) is 3.57. The molecule has 44 heavy (non-hydrogen) atoms. The van der Waals surface area contributed by atoms with E-state index in [2.05, 4.69) is 25.1 Å². The van der Waals surface area contributed by atoms with E-state index in [1.807, 2.05) is 6.20 Å². The van der Waals surface area contributed by atoms with Crippen LogP contribution in [0, 0.1) is 12.8 Å². The highest BCUT2D eigenvalue weighted by Gasteiger charge is 2.34. The Balaban J connectivity index is 0.00000141. The third-order valence-electron chi connectivity index (χ3n) is 7.50. The topological polar surface area (TPSA) is 159 Å². The van der Waals surface area contributed by atoms with Gasteiger partial charge in [0.1, 0.15) is 5.82 Å². The molecule has 1 aromatic carbocycles. The van der Waals surface area contributed by atoms with E-state index in [4.69, 9.17) is 9.90 Å². The molecule has 12 nitrogen and oxygen atoms in total. The molecule has 0 bridgehead atoms. The van der Waals surface area contributed by atoms with Crippen molar-refractivity contribution in [2.24, 2.45) is 17.3 Å². The molecule has 3 aromatic rings. The first-order valence-electron chi connectivity index (χ1n) is 13.9. The van der Waals surface area contributed by atoms with Crippen molar-refractivity contribution in [1.82, 2.24) is 20.1 Å². The fraction of sp³-hybridized carbons (Fsp3) is 0.414. The molecule has 1 atom stereocenters. The Hall–Kier alpha value is -4.24. The van der Waals surface area contributed by atoms with Crippen LogP contribution in [-0.2, 0) is 26.4 Å². The number of anilines is 2. The molecule has 2 fully saturated rings. The molecule has 2 aliphatic heterocycles. The highest BCUT2D eigenvalue weighted by atomic mass is 32.2. The molecule has 236 valence electrons. The number of halogens is 2. The number of pyridine rings is 1. The fourth-order valence-corrected chi connectivity index (χ4v) is 6.27. The second-order valence-corrected chi connectivity index (χ2v) is 13.0. The lowest BCUT2D eigenvalue weighted by Gasteiger charge is -2.26. The van der Waals surface area contributed by atoms with Crippen LogP contribution in [0.1, 0.15) is 35.2 Å². The zero-order chi connectivity index (χ0) is 32.1. The van der Waals surface area contributed by atoms with Gasteiger partial charge >= 0.3 is 0 Å². The van der Waals surface area contributed by atoms with E-state index in [1.165, 1.54) is 12.3 Å². The highest BCUT2D eigenvalue weighted by Crippen LogP contribution is 2.34. The van der Waals surface area contributed by atoms with Gasteiger partial charge in [0.25, 0.3) is 18.3 Å². The minimum Gasteiger partial charge on any atom is -0.483 e. The number of aryl methyl sites for hydroxylation is 1. The van der Waals surface area contributed by atoms with Crippen molar-refractivity contribution in [3.05, 3.63) is 54.0 Å². The first-order chi connectivity index (χ1) is 20.8. The van der Waals surface area contributed by atoms with Gasteiger partial charge in [-0.3, -0.25) is 19.1 Å². The monoisotopic (exact) mass is 631 g/mol. The molecule has 0 aliphatic carbocycles. The Morgan fingerprint density at radius 3 is 2.59 bits per heavy atom. The maximum Gasteiger partial charge on any atom is 0.290 e. The van der Waals surface area contributed by atoms with Crippen LogP contribution in [0.25, 0.3) is 11.1 Å². The Kier molecular flexibility index (Phi) is 10.1. The number of carbonyl (C=O) groups excluding carboxylic acids is 2. The Morgan fingerprint density at radius 2 is 1.95 bits per heavy atom. The molecule has 4 heterocycles. The molecule has 2 aromatic heterocycles. The van der Waals surface area contributed by atoms with Crippen LogP contribution in [0.15, 0.2) is 52.1 Å². The van der Waals surface area contributed by atoms with Crippen molar-refractivity contribution < 1.29 is 32.5 Å². The number of nitrogens with zero attached hydrogens (tertiary/aromatic N) is 5. The van der Waals surface area contributed by atoms with E-state index in [1.54, 1.807) is 54.1 Å². The molecule has 0 radical (unpaired) electrons. The smallest absolute Gasteiger partial charge is 0.290 e. The van der Waals surface area contributed by atoms with Gasteiger partial charge in [0.05, 0.1) is 27.4 Å². The average Bonchev–Trinajstić information content (AvgIpc) is 3.26. The Bertz CT molecular complexity index is 1670. The lowest BCUT2D eigenvalue weighted by Crippen LogP contribution is -2.46. The zero-order valence-electron chi connectivity index (χ0n) is 24.6. The number of nitrogens with one attached hydrogen (secondary N) is 2. The highest BCUT2D eigenvalue weighted by molar-refractivity contribution is 7.93. The van der Waals surface area contributed by atoms with Gasteiger partial charge in [-0.25, -0.2) is 18.0 Å². The summed E-state index contributed by atoms with van der Waals surface area (Å²) in [7, 11) is -1.26. The fourth-order valence-electron chi connectivity index (χ4n) is 4.99. The number of benzene rings is 1. The van der Waals surface area contributed by atoms with Crippen molar-refractivity contribution in [2.75, 3.05) is 42.7 Å². The first-order valence-corrected chi connectivity index (χ1v) is 15.8. The second kappa shape index (κ2) is 13.6. The third-order valence-corrected chi connectivity index (χ3v) is 9.16. The minimum absolute atomic E-state index is 0.0609. The molecule has 1 unspecified atom stereocenters. The van der Waals surface area contributed by atoms with Crippen molar-refractivity contribution in [3.8, 4) is 11.1 Å². The molecule has 5 rings (SSSR count). The molecule has 0 saturated carbocycles. The number of carbonyl (C=O) groups is 3. The Labute approximate surface area is 254 Å². The summed E-state index contributed by atoms with van der Waals surface area (Å²) in [5, 5.41) is 17.0. The number of hydrogen-bond donors (Lipinski definition) is 3. The van der Waals surface area contributed by atoms with Crippen LogP contribution >= 0.6 is 0 Å². The molecule has 0 spiro atoms. The SMILES string of the molecule is Cc1c(-c2cnn(C)c2)cnc(N2CCCC(F)(F)CC2)c1C(=O)Nc1cccc(S(C)(=O)=NC(=O)C2CNC2)c1.O=CO. The van der Waals surface area contributed by atoms with Crippen molar-refractivity contribution in [3.63, 3.8) is 0 Å². The number of aromatic nitrogens is 3. The summed E-state index contributed by atoms with van der Waals surface area (Å²) in [6, 6.07) is 6.42. The van der Waals surface area contributed by atoms with E-state index >= 15 is 0 Å². The molecule has 2 saturated heterocycles. The molecular formula is C29H35F2N7O5S. The number of carboxylic acid groups (broad SMARTS) is 1. The van der Waals surface area contributed by atoms with E-state index in [0.29, 0.717) is 47.2 Å². The van der Waals surface area contributed by atoms with Crippen molar-refractivity contribution >= 4 is 39.5 Å². The lowest BCUT2D eigenvalue weighted by molar-refractivity contribution is -0.123. The van der Waals surface area contributed by atoms with Crippen LogP contribution in [0.4, 0.5) is 20.3 Å². The van der Waals surface area contributed by atoms with Gasteiger partial charge < -0.3 is 20.6 Å². The first kappa shape index (κ1) is 32.7. The molecular weight excluding hydrogens is 596 g/mol. The van der Waals surface area contributed by atoms with Crippen LogP contribution in [0.2, 0.25) is 0 Å². The summed E-state index contributed by atoms with van der Waals surface area (Å²) >= 11 is 0. The Morgan fingerprint density at radius 1 is 1.23 bits per heavy atom. The van der Waals surface area contributed by atoms with Crippen molar-refractivity contribution in [2.45, 2.75) is 37.0 Å². The molecule has 2 aliphatic rings. The summed E-state index contributed by atoms with van der Waals surface area (Å²) in [4.78, 5) is 41.3. The summed E-state index contributed by atoms with van der Waals surface area (Å²) in [5.41, 5.74) is 2.70. The van der Waals surface area contributed by atoms with Gasteiger partial charge in [-0.05, 0) is 37.1 Å². The standard InChI is InChI=1S/C28H33F2N7O3S.CH2O2/c1-18-23(20-15-33-36(2)17-20)16-32-25(37-10-5-8-28(29,30)9-11-37)24(18)27(39)34-21-6-4-7-22(12-21)41(3,40)35-26(38)19-13-31-14-19;2-1-3/h4,6-7,12,15-17,19,31H,5,8-11,13-14H2,1-3H3,(H,34,39);1H,(H,2,3). The summed E-state index contributed by atoms with van der Waals surface area (Å²) in [5.74, 6) is -3.61. The minimum atomic E-state index is -3.05. The lowest BCUT2D eigenvalue weighted by atomic mass is 9.99. The molecule has 2 amide bonds. The summed E-state index contributed by atoms with van der Waals surface area (Å²) < 4.78 is 47.3. The van der Waals surface area contributed by atoms with E-state index in [-0.39, 0.29) is 43.8 Å². The predicted molar refractivity (Wildman–Crippen MR) is 161 cm³/mol. The molecule has 3 N–H and O–H groups in total. The number of alkyl halides is 2. The van der Waals surface area contributed by atoms with E-state index in [9.17, 15) is 22.6 Å². The summed E-state index contributed by atoms with van der Waals surface area (Å²) in [6.07, 6.45) is 6.25. The van der Waals surface area contributed by atoms with Crippen LogP contribution in [-0.4, -0.2) is 80.7 Å². The van der Waals surface area contributed by atoms with Gasteiger partial charge in [0.2, 0.25) is 5.92 Å². The second-order valence-electron chi connectivity index (χ2n) is 10.8. The average molecular weight is 632 g/mol. The normalized spacial score (nSPS) is 17.6. The number of hydrogen-bond acceptors (Lipinski definition) is 8. The maximum atomic E-state index is 14.2. The van der Waals surface area contributed by atoms with Crippen LogP contribution in [0.3, 0.4) is 0 Å². The number of rotatable bonds is 6. The van der Waals surface area contributed by atoms with Crippen LogP contribution in [0.5, 0.6) is 0 Å².